The average Bonchev–Trinajstić information content (AvgIpc) is 3.76. The Morgan fingerprint density at radius 1 is 0.500 bits per heavy atom. The molecule has 4 nitrogen and oxygen atoms in total. The van der Waals surface area contributed by atoms with E-state index in [9.17, 15) is 0 Å². The van der Waals surface area contributed by atoms with Crippen molar-refractivity contribution in [2.45, 2.75) is 0 Å². The molecule has 0 fully saturated rings. The van der Waals surface area contributed by atoms with Crippen LogP contribution in [0.2, 0.25) is 0 Å². The summed E-state index contributed by atoms with van der Waals surface area (Å²) in [5.41, 5.74) is 10.4. The Labute approximate surface area is 298 Å². The first-order valence-electron chi connectivity index (χ1n) is 17.4. The molecule has 0 bridgehead atoms. The number of hydrogen-bond donors (Lipinski definition) is 0. The normalized spacial score (nSPS) is 11.7. The van der Waals surface area contributed by atoms with Gasteiger partial charge in [0.1, 0.15) is 16.8 Å². The maximum atomic E-state index is 6.63. The third-order valence-corrected chi connectivity index (χ3v) is 10.2. The topological polar surface area (TPSA) is 43.9 Å². The van der Waals surface area contributed by atoms with Gasteiger partial charge in [-0.2, -0.15) is 0 Å². The molecule has 0 unspecified atom stereocenters. The van der Waals surface area contributed by atoms with E-state index in [1.165, 1.54) is 38.0 Å². The van der Waals surface area contributed by atoms with E-state index in [4.69, 9.17) is 14.4 Å². The lowest BCUT2D eigenvalue weighted by molar-refractivity contribution is 0.667. The zero-order valence-electron chi connectivity index (χ0n) is 27.8. The summed E-state index contributed by atoms with van der Waals surface area (Å²) in [6.07, 6.45) is 0. The maximum absolute atomic E-state index is 6.63. The van der Waals surface area contributed by atoms with E-state index >= 15 is 0 Å². The van der Waals surface area contributed by atoms with Crippen LogP contribution < -0.4 is 0 Å². The smallest absolute Gasteiger partial charge is 0.180 e. The van der Waals surface area contributed by atoms with Gasteiger partial charge in [0.15, 0.2) is 11.4 Å². The number of rotatable bonds is 4. The number of fused-ring (bicyclic) bond motifs is 9. The first kappa shape index (κ1) is 28.6. The van der Waals surface area contributed by atoms with Crippen molar-refractivity contribution in [1.29, 1.82) is 0 Å². The predicted octanol–water partition coefficient (Wildman–Crippen LogP) is 12.4. The lowest BCUT2D eigenvalue weighted by atomic mass is 9.99. The van der Waals surface area contributed by atoms with Crippen LogP contribution in [0.5, 0.6) is 0 Å². The molecule has 0 N–H and O–H groups in total. The second-order valence-electron chi connectivity index (χ2n) is 13.2. The summed E-state index contributed by atoms with van der Waals surface area (Å²) in [7, 11) is 0. The van der Waals surface area contributed by atoms with E-state index in [0.717, 1.165) is 55.5 Å². The molecule has 240 valence electrons. The van der Waals surface area contributed by atoms with Crippen LogP contribution in [-0.2, 0) is 0 Å². The molecule has 3 heterocycles. The molecular formula is C48H27N3O. The van der Waals surface area contributed by atoms with Gasteiger partial charge in [-0.1, -0.05) is 121 Å². The lowest BCUT2D eigenvalue weighted by Crippen LogP contribution is -1.94. The van der Waals surface area contributed by atoms with Crippen LogP contribution >= 0.6 is 0 Å². The number of furan rings is 1. The summed E-state index contributed by atoms with van der Waals surface area (Å²) >= 11 is 0. The van der Waals surface area contributed by atoms with Crippen molar-refractivity contribution in [3.63, 3.8) is 0 Å². The molecule has 0 spiro atoms. The highest BCUT2D eigenvalue weighted by Gasteiger charge is 2.20. The summed E-state index contributed by atoms with van der Waals surface area (Å²) in [6.45, 7) is 0. The minimum absolute atomic E-state index is 0.583. The Kier molecular flexibility index (Phi) is 6.13. The van der Waals surface area contributed by atoms with E-state index in [-0.39, 0.29) is 0 Å². The van der Waals surface area contributed by atoms with E-state index in [1.54, 1.807) is 0 Å². The molecule has 0 saturated heterocycles. The second kappa shape index (κ2) is 11.1. The first-order chi connectivity index (χ1) is 25.8. The SMILES string of the molecule is c1cccc(-c2nc(-c3ccc4c(ccc5ccccc54)c3)c3oc4ccc(-c5cccc(-n6c7ccccc7c7ccccc76)c5)cc4c3n2)c#1. The van der Waals surface area contributed by atoms with Crippen molar-refractivity contribution >= 4 is 65.4 Å². The quantitative estimate of drug-likeness (QED) is 0.176. The average molecular weight is 662 g/mol. The minimum Gasteiger partial charge on any atom is -0.452 e. The number of hydrogen-bond acceptors (Lipinski definition) is 3. The maximum Gasteiger partial charge on any atom is 0.180 e. The van der Waals surface area contributed by atoms with Gasteiger partial charge in [-0.15, -0.1) is 0 Å². The van der Waals surface area contributed by atoms with E-state index in [2.05, 4.69) is 162 Å². The van der Waals surface area contributed by atoms with Crippen molar-refractivity contribution in [2.24, 2.45) is 0 Å². The summed E-state index contributed by atoms with van der Waals surface area (Å²) in [5.74, 6) is 0.583. The third-order valence-electron chi connectivity index (χ3n) is 10.2. The van der Waals surface area contributed by atoms with E-state index < -0.39 is 0 Å². The third kappa shape index (κ3) is 4.37. The molecule has 0 amide bonds. The van der Waals surface area contributed by atoms with E-state index in [1.807, 2.05) is 18.2 Å². The second-order valence-corrected chi connectivity index (χ2v) is 13.2. The largest absolute Gasteiger partial charge is 0.452 e. The van der Waals surface area contributed by atoms with Crippen LogP contribution in [0.1, 0.15) is 0 Å². The molecule has 0 atom stereocenters. The van der Waals surface area contributed by atoms with Crippen LogP contribution in [0.4, 0.5) is 0 Å². The van der Waals surface area contributed by atoms with Gasteiger partial charge in [-0.25, -0.2) is 9.97 Å². The van der Waals surface area contributed by atoms with Gasteiger partial charge in [-0.3, -0.25) is 0 Å². The number of aromatic nitrogens is 3. The molecule has 0 aliphatic rings. The zero-order valence-corrected chi connectivity index (χ0v) is 27.8. The molecule has 11 rings (SSSR count). The monoisotopic (exact) mass is 661 g/mol. The van der Waals surface area contributed by atoms with Gasteiger partial charge in [0.05, 0.1) is 16.6 Å². The molecule has 0 radical (unpaired) electrons. The minimum atomic E-state index is 0.583. The van der Waals surface area contributed by atoms with Crippen molar-refractivity contribution in [3.8, 4) is 39.5 Å². The Bertz CT molecular complexity index is 3140. The van der Waals surface area contributed by atoms with Gasteiger partial charge >= 0.3 is 0 Å². The van der Waals surface area contributed by atoms with Crippen LogP contribution in [-0.4, -0.2) is 14.5 Å². The number of para-hydroxylation sites is 2. The molecular weight excluding hydrogens is 635 g/mol. The number of nitrogens with zero attached hydrogens (tertiary/aromatic N) is 3. The van der Waals surface area contributed by atoms with Crippen LogP contribution in [0.15, 0.2) is 168 Å². The summed E-state index contributed by atoms with van der Waals surface area (Å²) in [5, 5.41) is 8.22. The molecule has 11 aromatic rings. The van der Waals surface area contributed by atoms with Gasteiger partial charge in [0, 0.05) is 27.4 Å². The fourth-order valence-electron chi connectivity index (χ4n) is 7.81. The van der Waals surface area contributed by atoms with Gasteiger partial charge < -0.3 is 8.98 Å². The molecule has 52 heavy (non-hydrogen) atoms. The van der Waals surface area contributed by atoms with Crippen LogP contribution in [0, 0.1) is 12.1 Å². The first-order valence-corrected chi connectivity index (χ1v) is 17.4. The Morgan fingerprint density at radius 2 is 1.23 bits per heavy atom. The zero-order chi connectivity index (χ0) is 34.2. The Morgan fingerprint density at radius 3 is 2.06 bits per heavy atom. The summed E-state index contributed by atoms with van der Waals surface area (Å²) in [6, 6.07) is 63.8. The van der Waals surface area contributed by atoms with Gasteiger partial charge in [0.25, 0.3) is 0 Å². The highest BCUT2D eigenvalue weighted by molar-refractivity contribution is 6.12. The predicted molar refractivity (Wildman–Crippen MR) is 213 cm³/mol. The van der Waals surface area contributed by atoms with Crippen LogP contribution in [0.25, 0.3) is 105 Å². The highest BCUT2D eigenvalue weighted by Crippen LogP contribution is 2.39. The fourth-order valence-corrected chi connectivity index (χ4v) is 7.81. The molecule has 4 heteroatoms. The molecule has 3 aromatic heterocycles. The Balaban J connectivity index is 1.10. The van der Waals surface area contributed by atoms with Crippen molar-refractivity contribution < 1.29 is 4.42 Å². The van der Waals surface area contributed by atoms with Crippen molar-refractivity contribution in [1.82, 2.24) is 14.5 Å². The summed E-state index contributed by atoms with van der Waals surface area (Å²) < 4.78 is 8.99. The lowest BCUT2D eigenvalue weighted by Gasteiger charge is -2.10. The Hall–Kier alpha value is -7.22. The molecule has 0 aliphatic carbocycles. The molecule has 8 aromatic carbocycles. The van der Waals surface area contributed by atoms with Crippen molar-refractivity contribution in [3.05, 3.63) is 176 Å². The standard InChI is InChI=1S/C48H27N3O/c1-2-12-31(13-3-1)48-49-45(35-23-25-38-34(27-35)22-21-30-11-4-5-16-37(30)38)47-46(50-48)41-29-33(24-26-44(41)52-47)32-14-10-15-36(28-32)51-42-19-8-6-17-39(42)40-18-7-9-20-43(40)51/h1-2,4-12,14-29H. The summed E-state index contributed by atoms with van der Waals surface area (Å²) in [4.78, 5) is 10.2. The molecule has 0 saturated carbocycles. The van der Waals surface area contributed by atoms with Crippen LogP contribution in [0.3, 0.4) is 0 Å². The van der Waals surface area contributed by atoms with Crippen molar-refractivity contribution in [2.75, 3.05) is 0 Å². The van der Waals surface area contributed by atoms with Gasteiger partial charge in [-0.05, 0) is 87.3 Å². The number of benzene rings is 7. The van der Waals surface area contributed by atoms with E-state index in [0.29, 0.717) is 11.4 Å². The fraction of sp³-hybridized carbons (Fsp3) is 0. The molecule has 0 aliphatic heterocycles. The van der Waals surface area contributed by atoms with Gasteiger partial charge in [0.2, 0.25) is 0 Å². The highest BCUT2D eigenvalue weighted by atomic mass is 16.3.